The summed E-state index contributed by atoms with van der Waals surface area (Å²) in [6.07, 6.45) is 2.10. The number of aromatic amines is 1. The Balaban J connectivity index is 1.34. The SMILES string of the molecule is C[C@@]12CC[C@@](C)(N1)[C@H](F)[C@@H](Oc1ccc(-c3ccc(-c4cc[nH]c(=O)c4)cc3O)nn1)C2. The third-order valence-corrected chi connectivity index (χ3v) is 6.66. The highest BCUT2D eigenvalue weighted by atomic mass is 19.1. The van der Waals surface area contributed by atoms with Gasteiger partial charge in [0.1, 0.15) is 11.9 Å². The van der Waals surface area contributed by atoms with E-state index in [2.05, 4.69) is 27.4 Å². The molecule has 32 heavy (non-hydrogen) atoms. The Kier molecular flexibility index (Phi) is 4.78. The molecule has 2 aromatic heterocycles. The van der Waals surface area contributed by atoms with Crippen molar-refractivity contribution in [3.05, 3.63) is 59.0 Å². The van der Waals surface area contributed by atoms with E-state index < -0.39 is 17.8 Å². The van der Waals surface area contributed by atoms with Gasteiger partial charge in [0.25, 0.3) is 0 Å². The summed E-state index contributed by atoms with van der Waals surface area (Å²) in [5.74, 6) is 0.278. The van der Waals surface area contributed by atoms with E-state index in [0.29, 0.717) is 28.8 Å². The van der Waals surface area contributed by atoms with Crippen LogP contribution in [-0.2, 0) is 0 Å². The van der Waals surface area contributed by atoms with E-state index in [1.807, 2.05) is 6.92 Å². The Morgan fingerprint density at radius 2 is 1.91 bits per heavy atom. The fourth-order valence-electron chi connectivity index (χ4n) is 5.00. The number of ether oxygens (including phenoxy) is 1. The highest BCUT2D eigenvalue weighted by Gasteiger charge is 2.56. The zero-order chi connectivity index (χ0) is 22.5. The third-order valence-electron chi connectivity index (χ3n) is 6.66. The smallest absolute Gasteiger partial charge is 0.248 e. The van der Waals surface area contributed by atoms with Crippen molar-refractivity contribution >= 4 is 0 Å². The second-order valence-corrected chi connectivity index (χ2v) is 9.30. The number of phenols is 1. The van der Waals surface area contributed by atoms with Crippen LogP contribution >= 0.6 is 0 Å². The summed E-state index contributed by atoms with van der Waals surface area (Å²) < 4.78 is 21.0. The van der Waals surface area contributed by atoms with Gasteiger partial charge in [0.05, 0.1) is 11.2 Å². The van der Waals surface area contributed by atoms with Gasteiger partial charge in [0.15, 0.2) is 6.17 Å². The molecule has 2 saturated heterocycles. The Morgan fingerprint density at radius 1 is 1.09 bits per heavy atom. The Morgan fingerprint density at radius 3 is 2.62 bits per heavy atom. The number of halogens is 1. The first-order valence-corrected chi connectivity index (χ1v) is 10.7. The number of aromatic nitrogens is 3. The van der Waals surface area contributed by atoms with Gasteiger partial charge in [-0.25, -0.2) is 4.39 Å². The molecule has 1 aromatic carbocycles. The molecule has 0 amide bonds. The van der Waals surface area contributed by atoms with Gasteiger partial charge in [-0.05, 0) is 62.1 Å². The highest BCUT2D eigenvalue weighted by Crippen LogP contribution is 2.44. The van der Waals surface area contributed by atoms with E-state index in [9.17, 15) is 9.90 Å². The predicted octanol–water partition coefficient (Wildman–Crippen LogP) is 3.59. The number of hydrogen-bond donors (Lipinski definition) is 3. The molecule has 0 unspecified atom stereocenters. The van der Waals surface area contributed by atoms with Crippen molar-refractivity contribution in [3.63, 3.8) is 0 Å². The molecule has 3 aromatic rings. The number of aromatic hydroxyl groups is 1. The van der Waals surface area contributed by atoms with E-state index in [1.54, 1.807) is 42.6 Å². The van der Waals surface area contributed by atoms with Crippen LogP contribution in [0.1, 0.15) is 33.1 Å². The first-order valence-electron chi connectivity index (χ1n) is 10.7. The molecule has 4 heterocycles. The van der Waals surface area contributed by atoms with Gasteiger partial charge < -0.3 is 20.1 Å². The minimum Gasteiger partial charge on any atom is -0.507 e. The topological polar surface area (TPSA) is 100 Å². The molecule has 166 valence electrons. The molecule has 0 aliphatic carbocycles. The molecular formula is C24H25FN4O3. The Labute approximate surface area is 184 Å². The molecule has 4 atom stereocenters. The van der Waals surface area contributed by atoms with Crippen LogP contribution in [0.4, 0.5) is 4.39 Å². The molecule has 2 aliphatic rings. The number of nitrogens with one attached hydrogen (secondary N) is 2. The Bertz CT molecular complexity index is 1210. The third kappa shape index (κ3) is 3.64. The van der Waals surface area contributed by atoms with E-state index >= 15 is 4.39 Å². The summed E-state index contributed by atoms with van der Waals surface area (Å²) in [7, 11) is 0. The van der Waals surface area contributed by atoms with E-state index in [1.165, 1.54) is 6.07 Å². The average Bonchev–Trinajstić information content (AvgIpc) is 3.04. The maximum absolute atomic E-state index is 15.1. The molecule has 2 bridgehead atoms. The van der Waals surface area contributed by atoms with Crippen LogP contribution in [-0.4, -0.2) is 43.6 Å². The quantitative estimate of drug-likeness (QED) is 0.578. The number of H-pyrrole nitrogens is 1. The fraction of sp³-hybridized carbons (Fsp3) is 0.375. The largest absolute Gasteiger partial charge is 0.507 e. The normalized spacial score (nSPS) is 29.1. The number of nitrogens with zero attached hydrogens (tertiary/aromatic N) is 2. The van der Waals surface area contributed by atoms with Crippen molar-refractivity contribution in [1.82, 2.24) is 20.5 Å². The van der Waals surface area contributed by atoms with Gasteiger partial charge in [0, 0.05) is 35.9 Å². The lowest BCUT2D eigenvalue weighted by molar-refractivity contribution is -0.00951. The summed E-state index contributed by atoms with van der Waals surface area (Å²) >= 11 is 0. The van der Waals surface area contributed by atoms with Crippen molar-refractivity contribution in [3.8, 4) is 34.0 Å². The van der Waals surface area contributed by atoms with Gasteiger partial charge >= 0.3 is 0 Å². The van der Waals surface area contributed by atoms with Crippen LogP contribution in [0.5, 0.6) is 11.6 Å². The molecular weight excluding hydrogens is 411 g/mol. The number of alkyl halides is 1. The lowest BCUT2D eigenvalue weighted by Crippen LogP contribution is -2.63. The maximum atomic E-state index is 15.1. The van der Waals surface area contributed by atoms with Crippen molar-refractivity contribution in [2.45, 2.75) is 56.5 Å². The number of benzene rings is 1. The summed E-state index contributed by atoms with van der Waals surface area (Å²) in [6.45, 7) is 4.01. The highest BCUT2D eigenvalue weighted by molar-refractivity contribution is 5.74. The monoisotopic (exact) mass is 436 g/mol. The standard InChI is InChI=1S/C24H25FN4O3/c1-23-8-9-24(2,29-23)22(25)19(13-23)32-21-6-5-17(27-28-21)16-4-3-14(11-18(16)30)15-7-10-26-20(31)12-15/h3-7,10-12,19,22,29-30H,8-9,13H2,1-2H3,(H,26,31)/t19-,22+,23-,24+/m0/s1. The molecule has 5 rings (SSSR count). The van der Waals surface area contributed by atoms with E-state index in [0.717, 1.165) is 12.8 Å². The van der Waals surface area contributed by atoms with Gasteiger partial charge in [-0.1, -0.05) is 6.07 Å². The molecule has 0 saturated carbocycles. The number of rotatable bonds is 4. The van der Waals surface area contributed by atoms with Gasteiger partial charge in [-0.15, -0.1) is 10.2 Å². The molecule has 7 nitrogen and oxygen atoms in total. The average molecular weight is 436 g/mol. The maximum Gasteiger partial charge on any atom is 0.248 e. The van der Waals surface area contributed by atoms with Crippen molar-refractivity contribution in [2.75, 3.05) is 0 Å². The van der Waals surface area contributed by atoms with Crippen molar-refractivity contribution in [1.29, 1.82) is 0 Å². The second kappa shape index (κ2) is 7.41. The van der Waals surface area contributed by atoms with Crippen LogP contribution in [0.15, 0.2) is 53.5 Å². The Hall–Kier alpha value is -3.26. The number of fused-ring (bicyclic) bond motifs is 2. The lowest BCUT2D eigenvalue weighted by Gasteiger charge is -2.43. The first-order chi connectivity index (χ1) is 15.2. The summed E-state index contributed by atoms with van der Waals surface area (Å²) in [4.78, 5) is 14.1. The molecule has 2 aliphatic heterocycles. The molecule has 3 N–H and O–H groups in total. The number of pyridine rings is 1. The van der Waals surface area contributed by atoms with E-state index in [-0.39, 0.29) is 22.7 Å². The van der Waals surface area contributed by atoms with Crippen molar-refractivity contribution in [2.24, 2.45) is 0 Å². The van der Waals surface area contributed by atoms with Crippen LogP contribution in [0, 0.1) is 0 Å². The second-order valence-electron chi connectivity index (χ2n) is 9.30. The van der Waals surface area contributed by atoms with Crippen LogP contribution in [0.3, 0.4) is 0 Å². The zero-order valence-corrected chi connectivity index (χ0v) is 17.9. The minimum atomic E-state index is -1.14. The van der Waals surface area contributed by atoms with Gasteiger partial charge in [-0.3, -0.25) is 4.79 Å². The molecule has 8 heteroatoms. The van der Waals surface area contributed by atoms with Gasteiger partial charge in [0.2, 0.25) is 11.4 Å². The first kappa shape index (κ1) is 20.6. The zero-order valence-electron chi connectivity index (χ0n) is 17.9. The number of piperidine rings is 1. The predicted molar refractivity (Wildman–Crippen MR) is 118 cm³/mol. The molecule has 2 fully saturated rings. The van der Waals surface area contributed by atoms with Crippen molar-refractivity contribution < 1.29 is 14.2 Å². The van der Waals surface area contributed by atoms with E-state index in [4.69, 9.17) is 4.74 Å². The van der Waals surface area contributed by atoms with Crippen LogP contribution < -0.4 is 15.6 Å². The fourth-order valence-corrected chi connectivity index (χ4v) is 5.00. The lowest BCUT2D eigenvalue weighted by atomic mass is 9.85. The van der Waals surface area contributed by atoms with Gasteiger partial charge in [-0.2, -0.15) is 0 Å². The number of phenolic OH excluding ortho intramolecular Hbond substituents is 1. The number of hydrogen-bond acceptors (Lipinski definition) is 6. The van der Waals surface area contributed by atoms with Crippen LogP contribution in [0.25, 0.3) is 22.4 Å². The summed E-state index contributed by atoms with van der Waals surface area (Å²) in [5, 5.41) is 22.2. The summed E-state index contributed by atoms with van der Waals surface area (Å²) in [6, 6.07) is 11.7. The molecule has 0 radical (unpaired) electrons. The minimum absolute atomic E-state index is 0.0188. The van der Waals surface area contributed by atoms with Crippen LogP contribution in [0.2, 0.25) is 0 Å². The molecule has 0 spiro atoms. The summed E-state index contributed by atoms with van der Waals surface area (Å²) in [5.41, 5.74) is 1.45.